The standard InChI is InChI=1S/C14H19NO/c1-2-11-6-5-7-12(10-11)13(16)14(15)8-3-4-9-14/h5-7,10H,2-4,8-9,15H2,1H3. The molecular formula is C14H19NO. The quantitative estimate of drug-likeness (QED) is 0.791. The van der Waals surface area contributed by atoms with E-state index >= 15 is 0 Å². The SMILES string of the molecule is CCc1cccc(C(=O)C2(N)CCCC2)c1. The maximum Gasteiger partial charge on any atom is 0.182 e. The average molecular weight is 217 g/mol. The van der Waals surface area contributed by atoms with Crippen LogP contribution in [0.15, 0.2) is 24.3 Å². The van der Waals surface area contributed by atoms with E-state index in [2.05, 4.69) is 13.0 Å². The van der Waals surface area contributed by atoms with E-state index in [0.29, 0.717) is 0 Å². The van der Waals surface area contributed by atoms with E-state index in [1.54, 1.807) is 0 Å². The molecule has 0 saturated heterocycles. The molecule has 0 radical (unpaired) electrons. The van der Waals surface area contributed by atoms with Gasteiger partial charge in [0.25, 0.3) is 0 Å². The molecule has 1 fully saturated rings. The molecule has 0 atom stereocenters. The Morgan fingerprint density at radius 2 is 2.06 bits per heavy atom. The summed E-state index contributed by atoms with van der Waals surface area (Å²) in [5.74, 6) is 0.125. The van der Waals surface area contributed by atoms with Gasteiger partial charge in [-0.2, -0.15) is 0 Å². The molecule has 86 valence electrons. The summed E-state index contributed by atoms with van der Waals surface area (Å²) in [5, 5.41) is 0. The van der Waals surface area contributed by atoms with Gasteiger partial charge in [-0.15, -0.1) is 0 Å². The second-order valence-corrected chi connectivity index (χ2v) is 4.75. The first-order chi connectivity index (χ1) is 7.65. The summed E-state index contributed by atoms with van der Waals surface area (Å²) in [7, 11) is 0. The molecule has 0 aliphatic heterocycles. The molecule has 0 unspecified atom stereocenters. The number of rotatable bonds is 3. The van der Waals surface area contributed by atoms with Crippen molar-refractivity contribution in [3.63, 3.8) is 0 Å². The van der Waals surface area contributed by atoms with Crippen molar-refractivity contribution in [3.8, 4) is 0 Å². The van der Waals surface area contributed by atoms with E-state index in [1.807, 2.05) is 18.2 Å². The van der Waals surface area contributed by atoms with E-state index in [4.69, 9.17) is 5.73 Å². The molecule has 0 aromatic heterocycles. The summed E-state index contributed by atoms with van der Waals surface area (Å²) in [4.78, 5) is 12.3. The highest BCUT2D eigenvalue weighted by Gasteiger charge is 2.37. The zero-order valence-electron chi connectivity index (χ0n) is 9.83. The number of carbonyl (C=O) groups is 1. The summed E-state index contributed by atoms with van der Waals surface area (Å²) in [5.41, 5.74) is 7.57. The van der Waals surface area contributed by atoms with Gasteiger partial charge in [0.15, 0.2) is 5.78 Å². The lowest BCUT2D eigenvalue weighted by Gasteiger charge is -2.21. The van der Waals surface area contributed by atoms with E-state index in [0.717, 1.165) is 37.7 Å². The van der Waals surface area contributed by atoms with Crippen molar-refractivity contribution in [2.24, 2.45) is 5.73 Å². The first kappa shape index (κ1) is 11.3. The van der Waals surface area contributed by atoms with Crippen LogP contribution in [-0.4, -0.2) is 11.3 Å². The molecule has 0 bridgehead atoms. The van der Waals surface area contributed by atoms with Gasteiger partial charge in [-0.05, 0) is 30.9 Å². The Bertz CT molecular complexity index is 391. The van der Waals surface area contributed by atoms with Crippen molar-refractivity contribution in [1.82, 2.24) is 0 Å². The summed E-state index contributed by atoms with van der Waals surface area (Å²) in [6.07, 6.45) is 4.79. The summed E-state index contributed by atoms with van der Waals surface area (Å²) in [6, 6.07) is 7.86. The number of aryl methyl sites for hydroxylation is 1. The van der Waals surface area contributed by atoms with Crippen LogP contribution in [0, 0.1) is 0 Å². The summed E-state index contributed by atoms with van der Waals surface area (Å²) >= 11 is 0. The zero-order chi connectivity index (χ0) is 11.6. The fourth-order valence-electron chi connectivity index (χ4n) is 2.45. The van der Waals surface area contributed by atoms with Gasteiger partial charge in [0, 0.05) is 5.56 Å². The van der Waals surface area contributed by atoms with Gasteiger partial charge in [-0.3, -0.25) is 4.79 Å². The van der Waals surface area contributed by atoms with E-state index < -0.39 is 5.54 Å². The predicted molar refractivity (Wildman–Crippen MR) is 65.5 cm³/mol. The number of hydrogen-bond acceptors (Lipinski definition) is 2. The lowest BCUT2D eigenvalue weighted by Crippen LogP contribution is -2.45. The average Bonchev–Trinajstić information content (AvgIpc) is 2.76. The largest absolute Gasteiger partial charge is 0.319 e. The molecule has 2 heteroatoms. The number of benzene rings is 1. The summed E-state index contributed by atoms with van der Waals surface area (Å²) < 4.78 is 0. The van der Waals surface area contributed by atoms with Crippen molar-refractivity contribution in [3.05, 3.63) is 35.4 Å². The molecule has 1 aromatic rings. The number of nitrogens with two attached hydrogens (primary N) is 1. The normalized spacial score (nSPS) is 18.6. The van der Waals surface area contributed by atoms with Crippen LogP contribution < -0.4 is 5.73 Å². The Kier molecular flexibility index (Phi) is 3.10. The molecule has 0 spiro atoms. The smallest absolute Gasteiger partial charge is 0.182 e. The highest BCUT2D eigenvalue weighted by Crippen LogP contribution is 2.30. The van der Waals surface area contributed by atoms with Crippen LogP contribution in [0.4, 0.5) is 0 Å². The second kappa shape index (κ2) is 4.38. The van der Waals surface area contributed by atoms with Gasteiger partial charge in [0.2, 0.25) is 0 Å². The van der Waals surface area contributed by atoms with Crippen molar-refractivity contribution in [2.75, 3.05) is 0 Å². The molecule has 2 rings (SSSR count). The van der Waals surface area contributed by atoms with Crippen LogP contribution in [0.5, 0.6) is 0 Å². The molecule has 0 amide bonds. The maximum absolute atomic E-state index is 12.3. The molecule has 0 heterocycles. The minimum absolute atomic E-state index is 0.125. The minimum Gasteiger partial charge on any atom is -0.319 e. The molecule has 1 aliphatic carbocycles. The van der Waals surface area contributed by atoms with Crippen molar-refractivity contribution < 1.29 is 4.79 Å². The molecule has 2 nitrogen and oxygen atoms in total. The highest BCUT2D eigenvalue weighted by molar-refractivity contribution is 6.03. The summed E-state index contributed by atoms with van der Waals surface area (Å²) in [6.45, 7) is 2.09. The van der Waals surface area contributed by atoms with Gasteiger partial charge in [-0.1, -0.05) is 38.0 Å². The highest BCUT2D eigenvalue weighted by atomic mass is 16.1. The van der Waals surface area contributed by atoms with Gasteiger partial charge >= 0.3 is 0 Å². The van der Waals surface area contributed by atoms with Gasteiger partial charge < -0.3 is 5.73 Å². The second-order valence-electron chi connectivity index (χ2n) is 4.75. The van der Waals surface area contributed by atoms with Crippen LogP contribution in [0.2, 0.25) is 0 Å². The van der Waals surface area contributed by atoms with E-state index in [9.17, 15) is 4.79 Å². The number of carbonyl (C=O) groups excluding carboxylic acids is 1. The van der Waals surface area contributed by atoms with Crippen LogP contribution in [0.3, 0.4) is 0 Å². The van der Waals surface area contributed by atoms with Crippen molar-refractivity contribution >= 4 is 5.78 Å². The Hall–Kier alpha value is -1.15. The van der Waals surface area contributed by atoms with Gasteiger partial charge in [0.05, 0.1) is 5.54 Å². The Morgan fingerprint density at radius 3 is 2.69 bits per heavy atom. The minimum atomic E-state index is -0.591. The number of hydrogen-bond donors (Lipinski definition) is 1. The fourth-order valence-corrected chi connectivity index (χ4v) is 2.45. The zero-order valence-corrected chi connectivity index (χ0v) is 9.83. The fraction of sp³-hybridized carbons (Fsp3) is 0.500. The van der Waals surface area contributed by atoms with Crippen molar-refractivity contribution in [1.29, 1.82) is 0 Å². The van der Waals surface area contributed by atoms with E-state index in [-0.39, 0.29) is 5.78 Å². The Morgan fingerprint density at radius 1 is 1.38 bits per heavy atom. The lowest BCUT2D eigenvalue weighted by molar-refractivity contribution is 0.0892. The van der Waals surface area contributed by atoms with E-state index in [1.165, 1.54) is 5.56 Å². The predicted octanol–water partition coefficient (Wildman–Crippen LogP) is 2.70. The van der Waals surface area contributed by atoms with Crippen LogP contribution in [0.1, 0.15) is 48.5 Å². The first-order valence-electron chi connectivity index (χ1n) is 6.08. The van der Waals surface area contributed by atoms with Gasteiger partial charge in [-0.25, -0.2) is 0 Å². The number of ketones is 1. The molecule has 2 N–H and O–H groups in total. The molecule has 1 aliphatic rings. The first-order valence-corrected chi connectivity index (χ1v) is 6.08. The van der Waals surface area contributed by atoms with Crippen molar-refractivity contribution in [2.45, 2.75) is 44.6 Å². The van der Waals surface area contributed by atoms with Crippen LogP contribution in [-0.2, 0) is 6.42 Å². The topological polar surface area (TPSA) is 43.1 Å². The lowest BCUT2D eigenvalue weighted by atomic mass is 9.88. The third kappa shape index (κ3) is 2.03. The Balaban J connectivity index is 2.26. The molecule has 1 aromatic carbocycles. The molecular weight excluding hydrogens is 198 g/mol. The third-order valence-corrected chi connectivity index (χ3v) is 3.55. The number of Topliss-reactive ketones (excluding diaryl/α,β-unsaturated/α-hetero) is 1. The van der Waals surface area contributed by atoms with Crippen LogP contribution >= 0.6 is 0 Å². The van der Waals surface area contributed by atoms with Gasteiger partial charge in [0.1, 0.15) is 0 Å². The maximum atomic E-state index is 12.3. The molecule has 16 heavy (non-hydrogen) atoms. The Labute approximate surface area is 96.8 Å². The third-order valence-electron chi connectivity index (χ3n) is 3.55. The van der Waals surface area contributed by atoms with Crippen LogP contribution in [0.25, 0.3) is 0 Å². The monoisotopic (exact) mass is 217 g/mol. The molecule has 1 saturated carbocycles.